The second-order valence-corrected chi connectivity index (χ2v) is 7.94. The Morgan fingerprint density at radius 1 is 1.07 bits per heavy atom. The van der Waals surface area contributed by atoms with Crippen molar-refractivity contribution in [2.24, 2.45) is 0 Å². The highest BCUT2D eigenvalue weighted by molar-refractivity contribution is 14.1. The summed E-state index contributed by atoms with van der Waals surface area (Å²) in [4.78, 5) is 12.6. The normalized spacial score (nSPS) is 12.4. The molecule has 1 aliphatic carbocycles. The molecule has 3 aromatic carbocycles. The Morgan fingerprint density at radius 2 is 1.89 bits per heavy atom. The molecular formula is C24H20INO2. The van der Waals surface area contributed by atoms with Gasteiger partial charge in [0.1, 0.15) is 5.75 Å². The zero-order valence-corrected chi connectivity index (χ0v) is 17.7. The summed E-state index contributed by atoms with van der Waals surface area (Å²) in [5, 5.41) is 2.96. The smallest absolute Gasteiger partial charge is 0.259 e. The molecule has 0 unspecified atom stereocenters. The van der Waals surface area contributed by atoms with Crippen molar-refractivity contribution < 1.29 is 9.53 Å². The lowest BCUT2D eigenvalue weighted by molar-refractivity contribution is 0.102. The number of hydrogen-bond acceptors (Lipinski definition) is 2. The van der Waals surface area contributed by atoms with Gasteiger partial charge >= 0.3 is 0 Å². The van der Waals surface area contributed by atoms with Crippen LogP contribution in [0.25, 0.3) is 17.2 Å². The Kier molecular flexibility index (Phi) is 5.48. The lowest BCUT2D eigenvalue weighted by Gasteiger charge is -2.15. The standard InChI is InChI=1S/C24H20INO2/c1-28-23-15-18(25)11-14-22(23)24(27)26-19-12-9-17(10-13-19)21-8-4-6-16-5-2-3-7-20(16)21/h3-4,6-15H,2,5H2,1H3,(H,26,27). The van der Waals surface area contributed by atoms with Gasteiger partial charge in [-0.05, 0) is 88.0 Å². The third-order valence-electron chi connectivity index (χ3n) is 4.92. The number of carbonyl (C=O) groups is 1. The molecule has 4 heteroatoms. The van der Waals surface area contributed by atoms with Crippen LogP contribution in [0.5, 0.6) is 5.75 Å². The van der Waals surface area contributed by atoms with E-state index in [4.69, 9.17) is 4.74 Å². The molecule has 0 saturated heterocycles. The summed E-state index contributed by atoms with van der Waals surface area (Å²) in [7, 11) is 1.58. The maximum absolute atomic E-state index is 12.6. The molecule has 4 rings (SSSR count). The second-order valence-electron chi connectivity index (χ2n) is 6.70. The maximum atomic E-state index is 12.6. The van der Waals surface area contributed by atoms with E-state index in [0.717, 1.165) is 27.7 Å². The lowest BCUT2D eigenvalue weighted by Crippen LogP contribution is -2.13. The SMILES string of the molecule is COc1cc(I)ccc1C(=O)Nc1ccc(-c2cccc3c2C=CCC3)cc1. The van der Waals surface area contributed by atoms with Gasteiger partial charge < -0.3 is 10.1 Å². The van der Waals surface area contributed by atoms with Crippen molar-refractivity contribution in [2.45, 2.75) is 12.8 Å². The van der Waals surface area contributed by atoms with Gasteiger partial charge in [-0.1, -0.05) is 42.5 Å². The Morgan fingerprint density at radius 3 is 2.68 bits per heavy atom. The summed E-state index contributed by atoms with van der Waals surface area (Å²) in [5.74, 6) is 0.393. The Labute approximate surface area is 178 Å². The molecule has 0 aliphatic heterocycles. The molecule has 0 heterocycles. The van der Waals surface area contributed by atoms with Gasteiger partial charge in [0.15, 0.2) is 0 Å². The molecule has 1 amide bonds. The molecule has 0 atom stereocenters. The molecule has 3 aromatic rings. The van der Waals surface area contributed by atoms with E-state index in [9.17, 15) is 4.79 Å². The van der Waals surface area contributed by atoms with Crippen LogP contribution in [-0.2, 0) is 6.42 Å². The highest BCUT2D eigenvalue weighted by Gasteiger charge is 2.14. The number of aryl methyl sites for hydroxylation is 1. The van der Waals surface area contributed by atoms with E-state index in [2.05, 4.69) is 70.4 Å². The predicted octanol–water partition coefficient (Wildman–Crippen LogP) is 6.18. The predicted molar refractivity (Wildman–Crippen MR) is 123 cm³/mol. The minimum absolute atomic E-state index is 0.180. The fourth-order valence-corrected chi connectivity index (χ4v) is 3.97. The number of hydrogen-bond donors (Lipinski definition) is 1. The molecule has 0 saturated carbocycles. The number of ether oxygens (including phenoxy) is 1. The average Bonchev–Trinajstić information content (AvgIpc) is 2.73. The van der Waals surface area contributed by atoms with E-state index >= 15 is 0 Å². The van der Waals surface area contributed by atoms with E-state index < -0.39 is 0 Å². The first-order valence-electron chi connectivity index (χ1n) is 9.19. The van der Waals surface area contributed by atoms with E-state index in [-0.39, 0.29) is 5.91 Å². The number of allylic oxidation sites excluding steroid dienone is 1. The van der Waals surface area contributed by atoms with Gasteiger partial charge in [-0.2, -0.15) is 0 Å². The Balaban J connectivity index is 1.57. The van der Waals surface area contributed by atoms with Gasteiger partial charge in [-0.25, -0.2) is 0 Å². The molecule has 0 aromatic heterocycles. The third-order valence-corrected chi connectivity index (χ3v) is 5.59. The van der Waals surface area contributed by atoms with Crippen molar-refractivity contribution in [3.63, 3.8) is 0 Å². The van der Waals surface area contributed by atoms with Crippen molar-refractivity contribution in [2.75, 3.05) is 12.4 Å². The van der Waals surface area contributed by atoms with Gasteiger partial charge in [0.25, 0.3) is 5.91 Å². The minimum atomic E-state index is -0.180. The first-order valence-corrected chi connectivity index (χ1v) is 10.3. The van der Waals surface area contributed by atoms with E-state index in [1.54, 1.807) is 13.2 Å². The van der Waals surface area contributed by atoms with Crippen LogP contribution in [0.4, 0.5) is 5.69 Å². The van der Waals surface area contributed by atoms with Gasteiger partial charge in [-0.15, -0.1) is 0 Å². The van der Waals surface area contributed by atoms with Crippen molar-refractivity contribution in [3.8, 4) is 16.9 Å². The largest absolute Gasteiger partial charge is 0.496 e. The Hall–Kier alpha value is -2.60. The molecule has 140 valence electrons. The van der Waals surface area contributed by atoms with Crippen LogP contribution in [-0.4, -0.2) is 13.0 Å². The van der Waals surface area contributed by atoms with Crippen LogP contribution in [0.15, 0.2) is 66.7 Å². The zero-order valence-electron chi connectivity index (χ0n) is 15.5. The first-order chi connectivity index (χ1) is 13.7. The van der Waals surface area contributed by atoms with E-state index in [1.165, 1.54) is 16.7 Å². The molecule has 0 spiro atoms. The molecule has 0 radical (unpaired) electrons. The summed E-state index contributed by atoms with van der Waals surface area (Å²) in [6.07, 6.45) is 6.64. The maximum Gasteiger partial charge on any atom is 0.259 e. The average molecular weight is 481 g/mol. The van der Waals surface area contributed by atoms with Gasteiger partial charge in [0, 0.05) is 9.26 Å². The molecule has 3 nitrogen and oxygen atoms in total. The van der Waals surface area contributed by atoms with Crippen LogP contribution in [0.3, 0.4) is 0 Å². The van der Waals surface area contributed by atoms with Crippen molar-refractivity contribution in [3.05, 3.63) is 87.0 Å². The fraction of sp³-hybridized carbons (Fsp3) is 0.125. The second kappa shape index (κ2) is 8.19. The summed E-state index contributed by atoms with van der Waals surface area (Å²) in [5.41, 5.74) is 6.35. The first kappa shape index (κ1) is 18.7. The highest BCUT2D eigenvalue weighted by atomic mass is 127. The summed E-state index contributed by atoms with van der Waals surface area (Å²) in [6, 6.07) is 20.0. The summed E-state index contributed by atoms with van der Waals surface area (Å²) in [6.45, 7) is 0. The van der Waals surface area contributed by atoms with Crippen molar-refractivity contribution >= 4 is 40.3 Å². The van der Waals surface area contributed by atoms with Crippen molar-refractivity contribution in [1.29, 1.82) is 0 Å². The number of carbonyl (C=O) groups excluding carboxylic acids is 1. The number of anilines is 1. The fourth-order valence-electron chi connectivity index (χ4n) is 3.50. The summed E-state index contributed by atoms with van der Waals surface area (Å²) >= 11 is 2.20. The van der Waals surface area contributed by atoms with Crippen LogP contribution < -0.4 is 10.1 Å². The van der Waals surface area contributed by atoms with Crippen LogP contribution >= 0.6 is 22.6 Å². The quantitative estimate of drug-likeness (QED) is 0.452. The number of halogens is 1. The van der Waals surface area contributed by atoms with Crippen LogP contribution in [0, 0.1) is 3.57 Å². The van der Waals surface area contributed by atoms with Gasteiger partial charge in [-0.3, -0.25) is 4.79 Å². The van der Waals surface area contributed by atoms with Gasteiger partial charge in [0.05, 0.1) is 12.7 Å². The molecule has 0 fully saturated rings. The van der Waals surface area contributed by atoms with E-state index in [0.29, 0.717) is 11.3 Å². The lowest BCUT2D eigenvalue weighted by atomic mass is 9.90. The number of benzene rings is 3. The van der Waals surface area contributed by atoms with E-state index in [1.807, 2.05) is 24.3 Å². The minimum Gasteiger partial charge on any atom is -0.496 e. The number of amides is 1. The molecule has 0 bridgehead atoms. The number of methoxy groups -OCH3 is 1. The van der Waals surface area contributed by atoms with Crippen LogP contribution in [0.1, 0.15) is 27.9 Å². The van der Waals surface area contributed by atoms with Crippen LogP contribution in [0.2, 0.25) is 0 Å². The zero-order chi connectivity index (χ0) is 19.5. The van der Waals surface area contributed by atoms with Crippen molar-refractivity contribution in [1.82, 2.24) is 0 Å². The molecular weight excluding hydrogens is 461 g/mol. The third kappa shape index (κ3) is 3.83. The number of rotatable bonds is 4. The molecule has 1 N–H and O–H groups in total. The molecule has 28 heavy (non-hydrogen) atoms. The van der Waals surface area contributed by atoms with Gasteiger partial charge in [0.2, 0.25) is 0 Å². The molecule has 1 aliphatic rings. The number of fused-ring (bicyclic) bond motifs is 1. The Bertz CT molecular complexity index is 1050. The summed E-state index contributed by atoms with van der Waals surface area (Å²) < 4.78 is 6.37. The number of nitrogens with one attached hydrogen (secondary N) is 1. The monoisotopic (exact) mass is 481 g/mol. The topological polar surface area (TPSA) is 38.3 Å². The highest BCUT2D eigenvalue weighted by Crippen LogP contribution is 2.31.